The molecule has 0 aliphatic carbocycles. The Bertz CT molecular complexity index is 4720. The van der Waals surface area contributed by atoms with Gasteiger partial charge < -0.3 is 55.1 Å². The molecular formula is C87H107F3Ir4N8O11. The maximum atomic E-state index is 12.6. The second-order valence-electron chi connectivity index (χ2n) is 27.2. The molecule has 8 unspecified atom stereocenters. The van der Waals surface area contributed by atoms with Crippen LogP contribution in [0.1, 0.15) is 126 Å². The summed E-state index contributed by atoms with van der Waals surface area (Å²) in [6.45, 7) is 27.6. The second-order valence-corrected chi connectivity index (χ2v) is 27.2. The van der Waals surface area contributed by atoms with Gasteiger partial charge in [0, 0.05) is 125 Å². The van der Waals surface area contributed by atoms with E-state index in [0.29, 0.717) is 48.0 Å². The van der Waals surface area contributed by atoms with Crippen molar-refractivity contribution in [3.63, 3.8) is 0 Å². The van der Waals surface area contributed by atoms with Crippen LogP contribution in [0.3, 0.4) is 0 Å². The molecule has 8 N–H and O–H groups in total. The first-order valence-corrected chi connectivity index (χ1v) is 36.0. The number of hydrogen-bond acceptors (Lipinski definition) is 19. The molecule has 0 spiro atoms. The van der Waals surface area contributed by atoms with Gasteiger partial charge in [-0.05, 0) is 279 Å². The molecule has 618 valence electrons. The van der Waals surface area contributed by atoms with E-state index in [4.69, 9.17) is 70.0 Å². The molecule has 12 rings (SSSR count). The Labute approximate surface area is 716 Å². The van der Waals surface area contributed by atoms with Gasteiger partial charge in [-0.2, -0.15) is 13.2 Å². The molecule has 0 aliphatic rings. The molecule has 0 amide bonds. The largest absolute Gasteiger partial charge is 0.497 e. The summed E-state index contributed by atoms with van der Waals surface area (Å²) >= 11 is 0. The summed E-state index contributed by atoms with van der Waals surface area (Å²) in [5.41, 5.74) is 17.3. The van der Waals surface area contributed by atoms with Gasteiger partial charge in [-0.25, -0.2) is 19.9 Å². The van der Waals surface area contributed by atoms with Crippen molar-refractivity contribution in [3.05, 3.63) is 221 Å². The van der Waals surface area contributed by atoms with Crippen LogP contribution in [0.5, 0.6) is 17.2 Å². The average Bonchev–Trinajstić information content (AvgIpc) is 0.815. The van der Waals surface area contributed by atoms with E-state index in [-0.39, 0.29) is 129 Å². The molecule has 8 atom stereocenters. The van der Waals surface area contributed by atoms with E-state index in [0.717, 1.165) is 124 Å². The number of aryl methyl sites for hydroxylation is 7. The molecular weight excluding hydrogens is 2160 g/mol. The Morgan fingerprint density at radius 2 is 0.681 bits per heavy atom. The van der Waals surface area contributed by atoms with E-state index < -0.39 is 11.7 Å². The molecule has 19 nitrogen and oxygen atoms in total. The number of ether oxygens (including phenoxy) is 3. The van der Waals surface area contributed by atoms with Crippen molar-refractivity contribution in [2.45, 2.75) is 185 Å². The fourth-order valence-electron chi connectivity index (χ4n) is 11.0. The maximum absolute atomic E-state index is 12.6. The van der Waals surface area contributed by atoms with Crippen molar-refractivity contribution in [2.75, 3.05) is 21.3 Å². The van der Waals surface area contributed by atoms with Crippen LogP contribution in [0.15, 0.2) is 176 Å². The zero-order valence-corrected chi connectivity index (χ0v) is 76.6. The number of aliphatic hydroxyl groups is 8. The Balaban J connectivity index is 0.000000670. The van der Waals surface area contributed by atoms with Gasteiger partial charge in [-0.15, -0.1) is 0 Å². The normalized spacial score (nSPS) is 12.6. The average molecular weight is 2270 g/mol. The first-order valence-electron chi connectivity index (χ1n) is 36.0. The number of fused-ring (bicyclic) bond motifs is 4. The van der Waals surface area contributed by atoms with Crippen LogP contribution in [0.2, 0.25) is 0 Å². The predicted octanol–water partition coefficient (Wildman–Crippen LogP) is 16.9. The van der Waals surface area contributed by atoms with Crippen LogP contribution in [-0.2, 0) is 86.6 Å². The first-order chi connectivity index (χ1) is 51.4. The Morgan fingerprint density at radius 1 is 0.319 bits per heavy atom. The second kappa shape index (κ2) is 51.5. The minimum Gasteiger partial charge on any atom is -0.497 e. The Morgan fingerprint density at radius 3 is 1.04 bits per heavy atom. The van der Waals surface area contributed by atoms with E-state index in [9.17, 15) is 13.2 Å². The van der Waals surface area contributed by atoms with Gasteiger partial charge >= 0.3 is 6.18 Å². The molecule has 0 saturated heterocycles. The Kier molecular flexibility index (Phi) is 47.2. The smallest absolute Gasteiger partial charge is 0.416 e. The van der Waals surface area contributed by atoms with Crippen molar-refractivity contribution in [3.8, 4) is 62.8 Å². The molecule has 12 aromatic rings. The third-order valence-electron chi connectivity index (χ3n) is 16.1. The van der Waals surface area contributed by atoms with Gasteiger partial charge in [0.2, 0.25) is 0 Å². The summed E-state index contributed by atoms with van der Waals surface area (Å²) < 4.78 is 53.6. The first kappa shape index (κ1) is 104. The van der Waals surface area contributed by atoms with E-state index in [1.54, 1.807) is 107 Å². The van der Waals surface area contributed by atoms with Crippen molar-refractivity contribution in [1.82, 2.24) is 39.9 Å². The van der Waals surface area contributed by atoms with Crippen molar-refractivity contribution in [2.24, 2.45) is 0 Å². The quantitative estimate of drug-likeness (QED) is 0.0473. The number of aliphatic hydroxyl groups excluding tert-OH is 8. The summed E-state index contributed by atoms with van der Waals surface area (Å²) in [6, 6.07) is 52.5. The molecule has 113 heavy (non-hydrogen) atoms. The van der Waals surface area contributed by atoms with E-state index in [1.165, 1.54) is 17.2 Å². The molecule has 8 heterocycles. The number of rotatable bonds is 15. The molecule has 0 bridgehead atoms. The number of benzene rings is 4. The summed E-state index contributed by atoms with van der Waals surface area (Å²) in [5.74, 6) is 2.53. The van der Waals surface area contributed by atoms with Gasteiger partial charge in [0.1, 0.15) is 17.2 Å². The van der Waals surface area contributed by atoms with Gasteiger partial charge in [-0.1, -0.05) is 42.5 Å². The van der Waals surface area contributed by atoms with Crippen LogP contribution < -0.4 is 14.2 Å². The number of alkyl halides is 3. The van der Waals surface area contributed by atoms with Gasteiger partial charge in [0.05, 0.1) is 143 Å². The predicted molar refractivity (Wildman–Crippen MR) is 430 cm³/mol. The minimum atomic E-state index is -4.34. The van der Waals surface area contributed by atoms with E-state index in [1.807, 2.05) is 106 Å². The summed E-state index contributed by atoms with van der Waals surface area (Å²) in [6.07, 6.45) is -3.80. The monoisotopic (exact) mass is 2270 g/mol. The topological polar surface area (TPSA) is 293 Å². The summed E-state index contributed by atoms with van der Waals surface area (Å²) in [5, 5.41) is 72.2. The van der Waals surface area contributed by atoms with E-state index in [2.05, 4.69) is 95.1 Å². The molecule has 0 aliphatic heterocycles. The number of halogens is 3. The van der Waals surface area contributed by atoms with Gasteiger partial charge in [-0.3, -0.25) is 19.9 Å². The van der Waals surface area contributed by atoms with Crippen molar-refractivity contribution in [1.29, 1.82) is 0 Å². The van der Waals surface area contributed by atoms with Crippen molar-refractivity contribution < 1.29 is 149 Å². The molecule has 4 radical (unpaired) electrons. The minimum absolute atomic E-state index is 0. The third kappa shape index (κ3) is 36.5. The van der Waals surface area contributed by atoms with Crippen molar-refractivity contribution >= 4 is 43.6 Å². The summed E-state index contributed by atoms with van der Waals surface area (Å²) in [4.78, 5) is 36.5. The standard InChI is InChI=1S/C18H18N2O.2C17H16N2O.C15H9F3N2.4C5H12O2.4Ir/c1-11-9-12(2)18(19-13(11)3)17-7-5-14-10-15(21-4)6-8-16(14)20-17;1-11-8-12(2)18-17(9-11)16-6-4-13-10-14(20-3)5-7-15(13)19-16;1-11-4-5-12(2)18-17(11)16-8-6-13-10-14(20-3)7-9-15(13)19-16;16-15(17,18)11-5-7-12-10(9-11)4-6-14(20-12)13-3-1-2-8-19-13;4*1-4(6)3-5(2)7;;;;/h5-10H,1-4H3;2*4-10H,1-3H3;1-9H;4*4-7H,3H2,1-2H3;;;;. The van der Waals surface area contributed by atoms with Gasteiger partial charge in [0.15, 0.2) is 0 Å². The fourth-order valence-corrected chi connectivity index (χ4v) is 11.0. The van der Waals surface area contributed by atoms with Crippen LogP contribution >= 0.6 is 0 Å². The zero-order chi connectivity index (χ0) is 80.8. The van der Waals surface area contributed by atoms with Crippen LogP contribution in [0.25, 0.3) is 89.2 Å². The zero-order valence-electron chi connectivity index (χ0n) is 67.0. The molecule has 4 aromatic carbocycles. The number of pyridine rings is 8. The molecule has 8 aromatic heterocycles. The van der Waals surface area contributed by atoms with Crippen LogP contribution in [0, 0.1) is 48.5 Å². The number of hydrogen-bond donors (Lipinski definition) is 8. The maximum Gasteiger partial charge on any atom is 0.416 e. The van der Waals surface area contributed by atoms with Gasteiger partial charge in [0.25, 0.3) is 0 Å². The Hall–Kier alpha value is -7.41. The van der Waals surface area contributed by atoms with E-state index >= 15 is 0 Å². The van der Waals surface area contributed by atoms with Crippen LogP contribution in [-0.4, -0.2) is 151 Å². The fraction of sp³-hybridized carbons (Fsp3) is 0.356. The SMILES string of the molecule is CC(O)CC(C)O.CC(O)CC(C)O.CC(O)CC(C)O.CC(O)CC(C)O.COc1ccc2nc(-c3cc(C)cc(C)n3)ccc2c1.COc1ccc2nc(-c3nc(C)c(C)cc3C)ccc2c1.COc1ccc2nc(-c3nc(C)ccc3C)ccc2c1.FC(F)(F)c1ccc2nc(-c3ccccn3)ccc2c1.[Ir].[Ir].[Ir].[Ir]. The van der Waals surface area contributed by atoms with Crippen LogP contribution in [0.4, 0.5) is 13.2 Å². The molecule has 0 fully saturated rings. The molecule has 0 saturated carbocycles. The summed E-state index contributed by atoms with van der Waals surface area (Å²) in [7, 11) is 5.01. The molecule has 26 heteroatoms. The number of methoxy groups -OCH3 is 3. The third-order valence-corrected chi connectivity index (χ3v) is 16.1. The number of aromatic nitrogens is 8. The number of nitrogens with zero attached hydrogens (tertiary/aromatic N) is 8.